The van der Waals surface area contributed by atoms with Gasteiger partial charge in [-0.25, -0.2) is 0 Å². The highest BCUT2D eigenvalue weighted by Crippen LogP contribution is 2.29. The first kappa shape index (κ1) is 17.5. The monoisotopic (exact) mass is 292 g/mol. The van der Waals surface area contributed by atoms with Crippen LogP contribution in [0.5, 0.6) is 5.75 Å². The summed E-state index contributed by atoms with van der Waals surface area (Å²) in [7, 11) is 1.63. The lowest BCUT2D eigenvalue weighted by molar-refractivity contribution is -0.116. The lowest BCUT2D eigenvalue weighted by Crippen LogP contribution is -2.25. The lowest BCUT2D eigenvalue weighted by atomic mass is 10.1. The highest BCUT2D eigenvalue weighted by atomic mass is 16.5. The zero-order valence-electron chi connectivity index (χ0n) is 14.0. The van der Waals surface area contributed by atoms with Crippen LogP contribution < -0.4 is 10.1 Å². The average Bonchev–Trinajstić information content (AvgIpc) is 2.46. The van der Waals surface area contributed by atoms with Crippen LogP contribution in [-0.2, 0) is 4.79 Å². The van der Waals surface area contributed by atoms with Gasteiger partial charge in [-0.1, -0.05) is 19.9 Å². The van der Waals surface area contributed by atoms with Crippen LogP contribution in [0.4, 0.5) is 5.69 Å². The Morgan fingerprint density at radius 1 is 1.24 bits per heavy atom. The van der Waals surface area contributed by atoms with Crippen molar-refractivity contribution < 1.29 is 9.53 Å². The van der Waals surface area contributed by atoms with E-state index in [1.54, 1.807) is 7.11 Å². The predicted molar refractivity (Wildman–Crippen MR) is 88.1 cm³/mol. The van der Waals surface area contributed by atoms with Crippen LogP contribution in [0.15, 0.2) is 12.1 Å². The van der Waals surface area contributed by atoms with E-state index in [1.807, 2.05) is 26.0 Å². The van der Waals surface area contributed by atoms with Gasteiger partial charge in [-0.2, -0.15) is 0 Å². The molecule has 1 rings (SSSR count). The Morgan fingerprint density at radius 2 is 1.90 bits per heavy atom. The number of rotatable bonds is 8. The van der Waals surface area contributed by atoms with Gasteiger partial charge >= 0.3 is 0 Å². The average molecular weight is 292 g/mol. The van der Waals surface area contributed by atoms with Crippen molar-refractivity contribution in [1.82, 2.24) is 4.90 Å². The third-order valence-electron chi connectivity index (χ3n) is 3.70. The SMILES string of the molecule is CCN(CC)CCCC(=O)Nc1c(C)cc(C)cc1OC. The molecule has 1 amide bonds. The maximum absolute atomic E-state index is 12.1. The third-order valence-corrected chi connectivity index (χ3v) is 3.70. The summed E-state index contributed by atoms with van der Waals surface area (Å²) in [4.78, 5) is 14.4. The molecular formula is C17H28N2O2. The number of anilines is 1. The molecule has 0 heterocycles. The summed E-state index contributed by atoms with van der Waals surface area (Å²) < 4.78 is 5.36. The van der Waals surface area contributed by atoms with E-state index in [-0.39, 0.29) is 5.91 Å². The normalized spacial score (nSPS) is 10.8. The molecule has 1 aromatic rings. The van der Waals surface area contributed by atoms with Crippen LogP contribution in [0.25, 0.3) is 0 Å². The number of carbonyl (C=O) groups is 1. The van der Waals surface area contributed by atoms with Gasteiger partial charge in [0.25, 0.3) is 0 Å². The lowest BCUT2D eigenvalue weighted by Gasteiger charge is -2.18. The minimum absolute atomic E-state index is 0.0485. The molecule has 0 aliphatic carbocycles. The predicted octanol–water partition coefficient (Wildman–Crippen LogP) is 3.37. The molecule has 0 saturated heterocycles. The molecule has 0 atom stereocenters. The Balaban J connectivity index is 2.59. The topological polar surface area (TPSA) is 41.6 Å². The van der Waals surface area contributed by atoms with Crippen LogP contribution >= 0.6 is 0 Å². The molecule has 1 aromatic carbocycles. The summed E-state index contributed by atoms with van der Waals surface area (Å²) in [6, 6.07) is 3.99. The summed E-state index contributed by atoms with van der Waals surface area (Å²) in [5.41, 5.74) is 2.95. The minimum Gasteiger partial charge on any atom is -0.495 e. The Labute approximate surface area is 128 Å². The number of methoxy groups -OCH3 is 1. The molecule has 0 aromatic heterocycles. The molecule has 0 saturated carbocycles. The van der Waals surface area contributed by atoms with Crippen molar-refractivity contribution in [3.05, 3.63) is 23.3 Å². The fourth-order valence-electron chi connectivity index (χ4n) is 2.45. The van der Waals surface area contributed by atoms with Crippen LogP contribution in [0.1, 0.15) is 37.8 Å². The molecule has 0 spiro atoms. The maximum Gasteiger partial charge on any atom is 0.224 e. The van der Waals surface area contributed by atoms with Gasteiger partial charge in [0.2, 0.25) is 5.91 Å². The van der Waals surface area contributed by atoms with E-state index >= 15 is 0 Å². The number of hydrogen-bond donors (Lipinski definition) is 1. The molecule has 0 fully saturated rings. The fraction of sp³-hybridized carbons (Fsp3) is 0.588. The van der Waals surface area contributed by atoms with Gasteiger partial charge in [0.15, 0.2) is 0 Å². The van der Waals surface area contributed by atoms with Gasteiger partial charge in [0, 0.05) is 6.42 Å². The van der Waals surface area contributed by atoms with Gasteiger partial charge in [0.05, 0.1) is 12.8 Å². The number of hydrogen-bond acceptors (Lipinski definition) is 3. The molecule has 0 aliphatic heterocycles. The highest BCUT2D eigenvalue weighted by molar-refractivity contribution is 5.93. The minimum atomic E-state index is 0.0485. The Morgan fingerprint density at radius 3 is 2.48 bits per heavy atom. The van der Waals surface area contributed by atoms with E-state index in [0.717, 1.165) is 48.6 Å². The summed E-state index contributed by atoms with van der Waals surface area (Å²) in [6.45, 7) is 11.3. The van der Waals surface area contributed by atoms with E-state index in [4.69, 9.17) is 4.74 Å². The number of carbonyl (C=O) groups excluding carboxylic acids is 1. The molecule has 0 bridgehead atoms. The zero-order valence-corrected chi connectivity index (χ0v) is 14.0. The van der Waals surface area contributed by atoms with Crippen molar-refractivity contribution in [3.63, 3.8) is 0 Å². The van der Waals surface area contributed by atoms with Gasteiger partial charge in [-0.15, -0.1) is 0 Å². The summed E-state index contributed by atoms with van der Waals surface area (Å²) in [6.07, 6.45) is 1.41. The van der Waals surface area contributed by atoms with Gasteiger partial charge in [0.1, 0.15) is 5.75 Å². The largest absolute Gasteiger partial charge is 0.495 e. The van der Waals surface area contributed by atoms with E-state index < -0.39 is 0 Å². The van der Waals surface area contributed by atoms with E-state index in [2.05, 4.69) is 24.1 Å². The standard InChI is InChI=1S/C17H28N2O2/c1-6-19(7-2)10-8-9-16(20)18-17-14(4)11-13(3)12-15(17)21-5/h11-12H,6-10H2,1-5H3,(H,18,20). The van der Waals surface area contributed by atoms with Crippen LogP contribution in [0, 0.1) is 13.8 Å². The summed E-state index contributed by atoms with van der Waals surface area (Å²) in [5, 5.41) is 2.98. The number of amides is 1. The van der Waals surface area contributed by atoms with Crippen LogP contribution in [-0.4, -0.2) is 37.6 Å². The second-order valence-electron chi connectivity index (χ2n) is 5.34. The summed E-state index contributed by atoms with van der Waals surface area (Å²) >= 11 is 0. The molecule has 1 N–H and O–H groups in total. The number of benzene rings is 1. The maximum atomic E-state index is 12.1. The first-order chi connectivity index (χ1) is 10.0. The molecule has 21 heavy (non-hydrogen) atoms. The van der Waals surface area contributed by atoms with E-state index in [0.29, 0.717) is 6.42 Å². The molecular weight excluding hydrogens is 264 g/mol. The number of aryl methyl sites for hydroxylation is 2. The van der Waals surface area contributed by atoms with Gasteiger partial charge < -0.3 is 15.0 Å². The Kier molecular flexibility index (Phi) is 7.23. The Bertz CT molecular complexity index is 468. The van der Waals surface area contributed by atoms with Crippen molar-refractivity contribution >= 4 is 11.6 Å². The fourth-order valence-corrected chi connectivity index (χ4v) is 2.45. The second kappa shape index (κ2) is 8.67. The highest BCUT2D eigenvalue weighted by Gasteiger charge is 2.11. The first-order valence-corrected chi connectivity index (χ1v) is 7.69. The quantitative estimate of drug-likeness (QED) is 0.798. The molecule has 0 aliphatic rings. The molecule has 118 valence electrons. The van der Waals surface area contributed by atoms with Crippen molar-refractivity contribution in [2.45, 2.75) is 40.5 Å². The van der Waals surface area contributed by atoms with E-state index in [1.165, 1.54) is 0 Å². The number of nitrogens with zero attached hydrogens (tertiary/aromatic N) is 1. The van der Waals surface area contributed by atoms with E-state index in [9.17, 15) is 4.79 Å². The first-order valence-electron chi connectivity index (χ1n) is 7.69. The van der Waals surface area contributed by atoms with Crippen molar-refractivity contribution in [1.29, 1.82) is 0 Å². The third kappa shape index (κ3) is 5.38. The number of nitrogens with one attached hydrogen (secondary N) is 1. The van der Waals surface area contributed by atoms with Crippen LogP contribution in [0.2, 0.25) is 0 Å². The summed E-state index contributed by atoms with van der Waals surface area (Å²) in [5.74, 6) is 0.775. The molecule has 4 nitrogen and oxygen atoms in total. The van der Waals surface area contributed by atoms with Crippen molar-refractivity contribution in [2.75, 3.05) is 32.1 Å². The smallest absolute Gasteiger partial charge is 0.224 e. The zero-order chi connectivity index (χ0) is 15.8. The molecule has 0 radical (unpaired) electrons. The van der Waals surface area contributed by atoms with Gasteiger partial charge in [-0.05, 0) is 57.1 Å². The second-order valence-corrected chi connectivity index (χ2v) is 5.34. The van der Waals surface area contributed by atoms with Crippen molar-refractivity contribution in [2.24, 2.45) is 0 Å². The molecule has 4 heteroatoms. The van der Waals surface area contributed by atoms with Crippen molar-refractivity contribution in [3.8, 4) is 5.75 Å². The number of ether oxygens (including phenoxy) is 1. The Hall–Kier alpha value is -1.55. The molecule has 0 unspecified atom stereocenters. The van der Waals surface area contributed by atoms with Gasteiger partial charge in [-0.3, -0.25) is 4.79 Å². The van der Waals surface area contributed by atoms with Crippen LogP contribution in [0.3, 0.4) is 0 Å².